The summed E-state index contributed by atoms with van der Waals surface area (Å²) in [7, 11) is 3.25. The predicted octanol–water partition coefficient (Wildman–Crippen LogP) is 3.78. The molecule has 30 heavy (non-hydrogen) atoms. The molecule has 0 amide bonds. The third kappa shape index (κ3) is 4.51. The number of esters is 1. The number of ether oxygens (including phenoxy) is 3. The number of likely N-dealkylation sites (tertiary alicyclic amines) is 1. The Balaban J connectivity index is 1.87. The van der Waals surface area contributed by atoms with Crippen LogP contribution in [0.25, 0.3) is 0 Å². The molecule has 1 heterocycles. The molecule has 2 aliphatic rings. The molecule has 0 bridgehead atoms. The van der Waals surface area contributed by atoms with Crippen molar-refractivity contribution in [3.63, 3.8) is 0 Å². The summed E-state index contributed by atoms with van der Waals surface area (Å²) in [4.78, 5) is 27.5. The lowest BCUT2D eigenvalue weighted by Crippen LogP contribution is -2.57. The number of nitrogens with zero attached hydrogens (tertiary/aromatic N) is 1. The van der Waals surface area contributed by atoms with Crippen LogP contribution in [0.2, 0.25) is 0 Å². The van der Waals surface area contributed by atoms with Gasteiger partial charge in [-0.05, 0) is 92.6 Å². The van der Waals surface area contributed by atoms with Crippen molar-refractivity contribution in [2.45, 2.75) is 51.2 Å². The Hall–Kier alpha value is -1.61. The number of carbonyl (C=O) groups excluding carboxylic acids is 2. The number of rotatable bonds is 6. The lowest BCUT2D eigenvalue weighted by Gasteiger charge is -2.41. The van der Waals surface area contributed by atoms with Crippen LogP contribution in [0.4, 0.5) is 0 Å². The summed E-state index contributed by atoms with van der Waals surface area (Å²) in [6.07, 6.45) is 5.28. The molecular formula is C23H30INO5. The minimum absolute atomic E-state index is 0.0469. The predicted molar refractivity (Wildman–Crippen MR) is 123 cm³/mol. The van der Waals surface area contributed by atoms with Gasteiger partial charge in [0.25, 0.3) is 0 Å². The molecule has 164 valence electrons. The molecule has 2 atom stereocenters. The zero-order valence-electron chi connectivity index (χ0n) is 18.3. The van der Waals surface area contributed by atoms with Gasteiger partial charge in [0.15, 0.2) is 17.3 Å². The molecule has 3 rings (SSSR count). The second kappa shape index (κ2) is 8.86. The molecule has 1 aromatic carbocycles. The van der Waals surface area contributed by atoms with Gasteiger partial charge in [0.1, 0.15) is 11.1 Å². The Morgan fingerprint density at radius 3 is 2.53 bits per heavy atom. The van der Waals surface area contributed by atoms with Crippen molar-refractivity contribution in [1.29, 1.82) is 0 Å². The maximum Gasteiger partial charge on any atom is 0.331 e. The number of halogens is 1. The fourth-order valence-electron chi connectivity index (χ4n) is 4.37. The number of benzene rings is 1. The highest BCUT2D eigenvalue weighted by Gasteiger charge is 2.56. The molecule has 1 aliphatic carbocycles. The van der Waals surface area contributed by atoms with E-state index in [0.29, 0.717) is 24.5 Å². The fourth-order valence-corrected chi connectivity index (χ4v) is 5.08. The molecule has 1 aliphatic heterocycles. The SMILES string of the molecule is COc1cc(I)c(CCN2CCC3CC(=O)C=CC32C(=O)OC(C)(C)C)cc1OC. The molecule has 0 N–H and O–H groups in total. The van der Waals surface area contributed by atoms with Crippen LogP contribution in [0.3, 0.4) is 0 Å². The van der Waals surface area contributed by atoms with Crippen LogP contribution in [0, 0.1) is 9.49 Å². The number of carbonyl (C=O) groups is 2. The summed E-state index contributed by atoms with van der Waals surface area (Å²) in [6.45, 7) is 7.06. The number of hydrogen-bond acceptors (Lipinski definition) is 6. The molecule has 0 spiro atoms. The van der Waals surface area contributed by atoms with Gasteiger partial charge in [-0.25, -0.2) is 4.79 Å². The average molecular weight is 527 g/mol. The first-order chi connectivity index (χ1) is 14.1. The quantitative estimate of drug-likeness (QED) is 0.415. The van der Waals surface area contributed by atoms with Gasteiger partial charge in [0, 0.05) is 22.5 Å². The third-order valence-corrected chi connectivity index (χ3v) is 6.80. The zero-order valence-corrected chi connectivity index (χ0v) is 20.4. The van der Waals surface area contributed by atoms with Crippen LogP contribution < -0.4 is 9.47 Å². The van der Waals surface area contributed by atoms with Crippen LogP contribution in [-0.4, -0.2) is 55.1 Å². The van der Waals surface area contributed by atoms with Crippen molar-refractivity contribution in [3.05, 3.63) is 33.4 Å². The van der Waals surface area contributed by atoms with Gasteiger partial charge in [-0.1, -0.05) is 0 Å². The van der Waals surface area contributed by atoms with Crippen molar-refractivity contribution in [2.75, 3.05) is 27.3 Å². The molecule has 0 radical (unpaired) electrons. The highest BCUT2D eigenvalue weighted by Crippen LogP contribution is 2.43. The molecule has 2 unspecified atom stereocenters. The van der Waals surface area contributed by atoms with E-state index in [9.17, 15) is 9.59 Å². The number of fused-ring (bicyclic) bond motifs is 1. The molecular weight excluding hydrogens is 497 g/mol. The summed E-state index contributed by atoms with van der Waals surface area (Å²) < 4.78 is 17.7. The largest absolute Gasteiger partial charge is 0.493 e. The number of ketones is 1. The van der Waals surface area contributed by atoms with Crippen LogP contribution in [0.15, 0.2) is 24.3 Å². The molecule has 0 saturated carbocycles. The minimum atomic E-state index is -0.872. The molecule has 1 saturated heterocycles. The standard InChI is InChI=1S/C23H30INO5/c1-22(2,3)30-21(27)23-9-6-17(26)13-16(23)8-11-25(23)10-7-15-12-19(28-4)20(29-5)14-18(15)24/h6,9,12,14,16H,7-8,10-11,13H2,1-5H3. The first-order valence-corrected chi connectivity index (χ1v) is 11.3. The maximum atomic E-state index is 13.3. The monoisotopic (exact) mass is 527 g/mol. The highest BCUT2D eigenvalue weighted by atomic mass is 127. The van der Waals surface area contributed by atoms with Crippen LogP contribution in [0.5, 0.6) is 11.5 Å². The lowest BCUT2D eigenvalue weighted by molar-refractivity contribution is -0.167. The topological polar surface area (TPSA) is 65.1 Å². The molecule has 6 nitrogen and oxygen atoms in total. The smallest absolute Gasteiger partial charge is 0.331 e. The number of allylic oxidation sites excluding steroid dienone is 1. The van der Waals surface area contributed by atoms with Gasteiger partial charge < -0.3 is 14.2 Å². The van der Waals surface area contributed by atoms with E-state index in [1.165, 1.54) is 0 Å². The van der Waals surface area contributed by atoms with Crippen molar-refractivity contribution in [1.82, 2.24) is 4.90 Å². The molecule has 7 heteroatoms. The fraction of sp³-hybridized carbons (Fsp3) is 0.565. The van der Waals surface area contributed by atoms with Gasteiger partial charge >= 0.3 is 5.97 Å². The summed E-state index contributed by atoms with van der Waals surface area (Å²) in [5.41, 5.74) is -0.325. The van der Waals surface area contributed by atoms with E-state index in [0.717, 1.165) is 28.5 Å². The van der Waals surface area contributed by atoms with Gasteiger partial charge in [-0.3, -0.25) is 9.69 Å². The summed E-state index contributed by atoms with van der Waals surface area (Å²) in [5, 5.41) is 0. The van der Waals surface area contributed by atoms with Crippen molar-refractivity contribution in [3.8, 4) is 11.5 Å². The van der Waals surface area contributed by atoms with Gasteiger partial charge in [-0.2, -0.15) is 0 Å². The van der Waals surface area contributed by atoms with Crippen molar-refractivity contribution < 1.29 is 23.8 Å². The van der Waals surface area contributed by atoms with E-state index in [1.807, 2.05) is 32.9 Å². The van der Waals surface area contributed by atoms with Crippen LogP contribution in [-0.2, 0) is 20.7 Å². The third-order valence-electron chi connectivity index (χ3n) is 5.79. The van der Waals surface area contributed by atoms with Crippen molar-refractivity contribution in [2.24, 2.45) is 5.92 Å². The molecule has 1 fully saturated rings. The van der Waals surface area contributed by atoms with Gasteiger partial charge in [-0.15, -0.1) is 0 Å². The molecule has 0 aromatic heterocycles. The van der Waals surface area contributed by atoms with E-state index in [1.54, 1.807) is 26.4 Å². The van der Waals surface area contributed by atoms with Crippen molar-refractivity contribution >= 4 is 34.3 Å². The summed E-state index contributed by atoms with van der Waals surface area (Å²) >= 11 is 2.30. The number of methoxy groups -OCH3 is 2. The minimum Gasteiger partial charge on any atom is -0.493 e. The van der Waals surface area contributed by atoms with Crippen LogP contribution in [0.1, 0.15) is 39.2 Å². The lowest BCUT2D eigenvalue weighted by atomic mass is 9.77. The van der Waals surface area contributed by atoms with Gasteiger partial charge in [0.2, 0.25) is 0 Å². The second-order valence-corrected chi connectivity index (χ2v) is 10.0. The number of hydrogen-bond donors (Lipinski definition) is 0. The Labute approximate surface area is 192 Å². The average Bonchev–Trinajstić information content (AvgIpc) is 3.04. The summed E-state index contributed by atoms with van der Waals surface area (Å²) in [5.74, 6) is 1.16. The second-order valence-electron chi connectivity index (χ2n) is 8.85. The van der Waals surface area contributed by atoms with Gasteiger partial charge in [0.05, 0.1) is 14.2 Å². The summed E-state index contributed by atoms with van der Waals surface area (Å²) in [6, 6.07) is 3.96. The van der Waals surface area contributed by atoms with Crippen LogP contribution >= 0.6 is 22.6 Å². The zero-order chi connectivity index (χ0) is 22.1. The highest BCUT2D eigenvalue weighted by molar-refractivity contribution is 14.1. The van der Waals surface area contributed by atoms with E-state index >= 15 is 0 Å². The first kappa shape index (κ1) is 23.1. The molecule has 1 aromatic rings. The van der Waals surface area contributed by atoms with E-state index in [4.69, 9.17) is 14.2 Å². The van der Waals surface area contributed by atoms with E-state index in [-0.39, 0.29) is 17.7 Å². The first-order valence-electron chi connectivity index (χ1n) is 10.2. The Morgan fingerprint density at radius 1 is 1.23 bits per heavy atom. The maximum absolute atomic E-state index is 13.3. The Bertz CT molecular complexity index is 860. The van der Waals surface area contributed by atoms with E-state index in [2.05, 4.69) is 27.5 Å². The van der Waals surface area contributed by atoms with E-state index < -0.39 is 11.1 Å². The Morgan fingerprint density at radius 2 is 1.90 bits per heavy atom. The normalized spacial score (nSPS) is 23.9. The Kier molecular flexibility index (Phi) is 6.81.